The minimum absolute atomic E-state index is 0.118. The molecular formula is C23H27ClN2O. The molecule has 3 nitrogen and oxygen atoms in total. The van der Waals surface area contributed by atoms with Crippen LogP contribution in [0.4, 0.5) is 0 Å². The van der Waals surface area contributed by atoms with E-state index in [-0.39, 0.29) is 5.92 Å². The van der Waals surface area contributed by atoms with Crippen LogP contribution >= 0.6 is 11.6 Å². The number of hydrogen-bond acceptors (Lipinski definition) is 2. The molecule has 4 rings (SSSR count). The third-order valence-electron chi connectivity index (χ3n) is 5.97. The van der Waals surface area contributed by atoms with Gasteiger partial charge in [-0.05, 0) is 48.4 Å². The van der Waals surface area contributed by atoms with Crippen LogP contribution in [0.2, 0.25) is 5.02 Å². The fourth-order valence-electron chi connectivity index (χ4n) is 4.20. The molecular weight excluding hydrogens is 356 g/mol. The van der Waals surface area contributed by atoms with E-state index in [2.05, 4.69) is 47.1 Å². The van der Waals surface area contributed by atoms with Crippen molar-refractivity contribution in [1.82, 2.24) is 9.80 Å². The van der Waals surface area contributed by atoms with Gasteiger partial charge in [0.1, 0.15) is 0 Å². The van der Waals surface area contributed by atoms with E-state index in [4.69, 9.17) is 11.6 Å². The Kier molecular flexibility index (Phi) is 5.51. The Morgan fingerprint density at radius 1 is 1.04 bits per heavy atom. The first-order chi connectivity index (χ1) is 13.1. The first-order valence-corrected chi connectivity index (χ1v) is 10.3. The highest BCUT2D eigenvalue weighted by Gasteiger charge is 2.46. The lowest BCUT2D eigenvalue weighted by atomic mass is 10.1. The highest BCUT2D eigenvalue weighted by Crippen LogP contribution is 2.50. The maximum atomic E-state index is 13.0. The molecule has 4 heteroatoms. The van der Waals surface area contributed by atoms with Crippen molar-refractivity contribution in [3.8, 4) is 0 Å². The first kappa shape index (κ1) is 18.5. The van der Waals surface area contributed by atoms with Gasteiger partial charge in [-0.15, -0.1) is 0 Å². The summed E-state index contributed by atoms with van der Waals surface area (Å²) in [5, 5.41) is 0.790. The van der Waals surface area contributed by atoms with E-state index in [9.17, 15) is 4.79 Å². The lowest BCUT2D eigenvalue weighted by Crippen LogP contribution is -2.36. The van der Waals surface area contributed by atoms with E-state index >= 15 is 0 Å². The van der Waals surface area contributed by atoms with Crippen molar-refractivity contribution in [1.29, 1.82) is 0 Å². The van der Waals surface area contributed by atoms with Crippen molar-refractivity contribution in [2.75, 3.05) is 26.2 Å². The lowest BCUT2D eigenvalue weighted by molar-refractivity contribution is -0.132. The van der Waals surface area contributed by atoms with E-state index in [0.717, 1.165) is 56.2 Å². The molecule has 1 aliphatic carbocycles. The normalized spacial score (nSPS) is 23.1. The standard InChI is InChI=1S/C23H27ClN2O/c1-17-7-2-3-8-18(17)16-25-11-6-12-26(14-13-25)23(27)21-15-20(21)19-9-4-5-10-22(19)24/h2-5,7-10,20-21H,6,11-16H2,1H3. The number of rotatable bonds is 4. The van der Waals surface area contributed by atoms with Crippen LogP contribution in [-0.4, -0.2) is 41.9 Å². The molecule has 0 spiro atoms. The number of halogens is 1. The minimum Gasteiger partial charge on any atom is -0.341 e. The Balaban J connectivity index is 1.34. The highest BCUT2D eigenvalue weighted by atomic mass is 35.5. The smallest absolute Gasteiger partial charge is 0.226 e. The van der Waals surface area contributed by atoms with Gasteiger partial charge in [-0.2, -0.15) is 0 Å². The molecule has 2 aromatic rings. The number of amides is 1. The molecule has 0 radical (unpaired) electrons. The minimum atomic E-state index is 0.118. The summed E-state index contributed by atoms with van der Waals surface area (Å²) < 4.78 is 0. The molecule has 1 heterocycles. The van der Waals surface area contributed by atoms with Crippen molar-refractivity contribution in [3.63, 3.8) is 0 Å². The topological polar surface area (TPSA) is 23.6 Å². The maximum Gasteiger partial charge on any atom is 0.226 e. The lowest BCUT2D eigenvalue weighted by Gasteiger charge is -2.23. The molecule has 2 unspecified atom stereocenters. The molecule has 1 saturated carbocycles. The third kappa shape index (κ3) is 4.20. The Morgan fingerprint density at radius 3 is 2.63 bits per heavy atom. The van der Waals surface area contributed by atoms with Gasteiger partial charge in [-0.3, -0.25) is 9.69 Å². The van der Waals surface area contributed by atoms with Gasteiger partial charge in [0.15, 0.2) is 0 Å². The Hall–Kier alpha value is -1.84. The van der Waals surface area contributed by atoms with E-state index < -0.39 is 0 Å². The molecule has 0 aromatic heterocycles. The summed E-state index contributed by atoms with van der Waals surface area (Å²) in [5.41, 5.74) is 3.86. The van der Waals surface area contributed by atoms with Crippen LogP contribution < -0.4 is 0 Å². The Labute approximate surface area is 166 Å². The van der Waals surface area contributed by atoms with Crippen LogP contribution in [0.5, 0.6) is 0 Å². The van der Waals surface area contributed by atoms with Crippen molar-refractivity contribution in [2.45, 2.75) is 32.2 Å². The van der Waals surface area contributed by atoms with Crippen LogP contribution in [0, 0.1) is 12.8 Å². The molecule has 1 aliphatic heterocycles. The van der Waals surface area contributed by atoms with E-state index in [0.29, 0.717) is 11.8 Å². The highest BCUT2D eigenvalue weighted by molar-refractivity contribution is 6.31. The fraction of sp³-hybridized carbons (Fsp3) is 0.435. The van der Waals surface area contributed by atoms with Gasteiger partial charge in [-0.1, -0.05) is 54.1 Å². The number of aryl methyl sites for hydroxylation is 1. The van der Waals surface area contributed by atoms with Gasteiger partial charge < -0.3 is 4.90 Å². The predicted octanol–water partition coefficient (Wildman–Crippen LogP) is 4.49. The average Bonchev–Trinajstić information content (AvgIpc) is 3.48. The summed E-state index contributed by atoms with van der Waals surface area (Å²) >= 11 is 6.32. The van der Waals surface area contributed by atoms with Crippen LogP contribution in [0.3, 0.4) is 0 Å². The predicted molar refractivity (Wildman–Crippen MR) is 110 cm³/mol. The van der Waals surface area contributed by atoms with E-state index in [1.54, 1.807) is 0 Å². The summed E-state index contributed by atoms with van der Waals surface area (Å²) in [6.45, 7) is 6.84. The Morgan fingerprint density at radius 2 is 1.81 bits per heavy atom. The second kappa shape index (κ2) is 8.04. The molecule has 2 fully saturated rings. The second-order valence-corrected chi connectivity index (χ2v) is 8.26. The molecule has 2 aromatic carbocycles. The van der Waals surface area contributed by atoms with Gasteiger partial charge in [0.25, 0.3) is 0 Å². The van der Waals surface area contributed by atoms with Crippen LogP contribution in [0.1, 0.15) is 35.4 Å². The zero-order valence-corrected chi connectivity index (χ0v) is 16.7. The molecule has 27 heavy (non-hydrogen) atoms. The molecule has 2 aliphatic rings. The second-order valence-electron chi connectivity index (χ2n) is 7.85. The van der Waals surface area contributed by atoms with E-state index in [1.807, 2.05) is 18.2 Å². The fourth-order valence-corrected chi connectivity index (χ4v) is 4.48. The largest absolute Gasteiger partial charge is 0.341 e. The van der Waals surface area contributed by atoms with Gasteiger partial charge in [0.2, 0.25) is 5.91 Å². The van der Waals surface area contributed by atoms with Gasteiger partial charge in [0, 0.05) is 43.7 Å². The molecule has 0 N–H and O–H groups in total. The maximum absolute atomic E-state index is 13.0. The zero-order chi connectivity index (χ0) is 18.8. The summed E-state index contributed by atoms with van der Waals surface area (Å²) in [6, 6.07) is 16.5. The molecule has 1 amide bonds. The summed E-state index contributed by atoms with van der Waals surface area (Å²) in [7, 11) is 0. The van der Waals surface area contributed by atoms with Crippen LogP contribution in [0.15, 0.2) is 48.5 Å². The van der Waals surface area contributed by atoms with Crippen LogP contribution in [-0.2, 0) is 11.3 Å². The van der Waals surface area contributed by atoms with Crippen molar-refractivity contribution in [2.24, 2.45) is 5.92 Å². The number of benzene rings is 2. The van der Waals surface area contributed by atoms with Crippen LogP contribution in [0.25, 0.3) is 0 Å². The zero-order valence-electron chi connectivity index (χ0n) is 15.9. The number of nitrogens with zero attached hydrogens (tertiary/aromatic N) is 2. The monoisotopic (exact) mass is 382 g/mol. The number of carbonyl (C=O) groups is 1. The summed E-state index contributed by atoms with van der Waals surface area (Å²) in [5.74, 6) is 0.739. The number of carbonyl (C=O) groups excluding carboxylic acids is 1. The molecule has 0 bridgehead atoms. The number of hydrogen-bond donors (Lipinski definition) is 0. The van der Waals surface area contributed by atoms with Gasteiger partial charge >= 0.3 is 0 Å². The van der Waals surface area contributed by atoms with Gasteiger partial charge in [0.05, 0.1) is 0 Å². The van der Waals surface area contributed by atoms with Gasteiger partial charge in [-0.25, -0.2) is 0 Å². The Bertz CT molecular complexity index is 822. The summed E-state index contributed by atoms with van der Waals surface area (Å²) in [6.07, 6.45) is 1.98. The SMILES string of the molecule is Cc1ccccc1CN1CCCN(C(=O)C2CC2c2ccccc2Cl)CC1. The van der Waals surface area contributed by atoms with E-state index in [1.165, 1.54) is 11.1 Å². The quantitative estimate of drug-likeness (QED) is 0.778. The molecule has 142 valence electrons. The summed E-state index contributed by atoms with van der Waals surface area (Å²) in [4.78, 5) is 17.6. The van der Waals surface area contributed by atoms with Crippen molar-refractivity contribution in [3.05, 3.63) is 70.2 Å². The van der Waals surface area contributed by atoms with Crippen molar-refractivity contribution >= 4 is 17.5 Å². The molecule has 2 atom stereocenters. The molecule has 1 saturated heterocycles. The first-order valence-electron chi connectivity index (χ1n) is 9.93. The third-order valence-corrected chi connectivity index (χ3v) is 6.31. The van der Waals surface area contributed by atoms with Crippen molar-refractivity contribution < 1.29 is 4.79 Å². The average molecular weight is 383 g/mol.